The predicted octanol–water partition coefficient (Wildman–Crippen LogP) is 4.54. The predicted molar refractivity (Wildman–Crippen MR) is 105 cm³/mol. The lowest BCUT2D eigenvalue weighted by Crippen LogP contribution is -2.47. The van der Waals surface area contributed by atoms with Crippen LogP contribution in [0.4, 0.5) is 0 Å². The van der Waals surface area contributed by atoms with Gasteiger partial charge in [0.2, 0.25) is 0 Å². The van der Waals surface area contributed by atoms with Crippen LogP contribution in [0.2, 0.25) is 0 Å². The van der Waals surface area contributed by atoms with Crippen LogP contribution in [0.3, 0.4) is 0 Å². The summed E-state index contributed by atoms with van der Waals surface area (Å²) in [6.45, 7) is 2.05. The molecule has 0 radical (unpaired) electrons. The van der Waals surface area contributed by atoms with Crippen LogP contribution in [0.1, 0.15) is 37.3 Å². The van der Waals surface area contributed by atoms with Gasteiger partial charge in [0.05, 0.1) is 6.42 Å². The van der Waals surface area contributed by atoms with Crippen LogP contribution in [-0.4, -0.2) is 22.8 Å². The molecule has 136 valence electrons. The third kappa shape index (κ3) is 4.18. The van der Waals surface area contributed by atoms with Gasteiger partial charge in [0.15, 0.2) is 11.0 Å². The first-order chi connectivity index (χ1) is 12.6. The Hall–Kier alpha value is -2.07. The van der Waals surface area contributed by atoms with E-state index >= 15 is 0 Å². The van der Waals surface area contributed by atoms with E-state index in [1.165, 1.54) is 17.3 Å². The molecule has 1 fully saturated rings. The number of hydrogen-bond donors (Lipinski definition) is 0. The molecule has 0 saturated carbocycles. The summed E-state index contributed by atoms with van der Waals surface area (Å²) in [6.07, 6.45) is 2.61. The monoisotopic (exact) mass is 368 g/mol. The van der Waals surface area contributed by atoms with E-state index < -0.39 is 16.8 Å². The highest BCUT2D eigenvalue weighted by molar-refractivity contribution is 8.01. The topological polar surface area (TPSA) is 43.4 Å². The molecular formula is C22H24O3S. The van der Waals surface area contributed by atoms with Gasteiger partial charge >= 0.3 is 5.97 Å². The Bertz CT molecular complexity index is 724. The van der Waals surface area contributed by atoms with Crippen LogP contribution in [0.25, 0.3) is 0 Å². The van der Waals surface area contributed by atoms with Gasteiger partial charge < -0.3 is 4.74 Å². The second-order valence-electron chi connectivity index (χ2n) is 6.66. The van der Waals surface area contributed by atoms with Crippen molar-refractivity contribution >= 4 is 23.5 Å². The summed E-state index contributed by atoms with van der Waals surface area (Å²) in [5.41, 5.74) is 1.32. The maximum atomic E-state index is 12.8. The first kappa shape index (κ1) is 18.7. The lowest BCUT2D eigenvalue weighted by Gasteiger charge is -2.38. The molecule has 0 aliphatic carbocycles. The molecule has 2 aromatic rings. The van der Waals surface area contributed by atoms with Crippen molar-refractivity contribution in [2.24, 2.45) is 0 Å². The van der Waals surface area contributed by atoms with Gasteiger partial charge in [-0.15, -0.1) is 11.8 Å². The van der Waals surface area contributed by atoms with Crippen LogP contribution in [0, 0.1) is 0 Å². The molecule has 0 aromatic heterocycles. The Morgan fingerprint density at radius 1 is 1.04 bits per heavy atom. The summed E-state index contributed by atoms with van der Waals surface area (Å²) in [5, 5.41) is -0.701. The summed E-state index contributed by atoms with van der Waals surface area (Å²) in [6, 6.07) is 19.8. The average Bonchev–Trinajstić information content (AvgIpc) is 2.66. The number of benzene rings is 2. The SMILES string of the molecule is CCCC1(c2ccccc2)CC(=O)C(SCCc2ccccc2)C(=O)O1. The van der Waals surface area contributed by atoms with Crippen molar-refractivity contribution in [3.8, 4) is 0 Å². The minimum absolute atomic E-state index is 0.0170. The quantitative estimate of drug-likeness (QED) is 0.531. The first-order valence-electron chi connectivity index (χ1n) is 9.11. The minimum atomic E-state index is -0.805. The molecule has 2 atom stereocenters. The Balaban J connectivity index is 1.68. The van der Waals surface area contributed by atoms with E-state index in [1.807, 2.05) is 55.5 Å². The second-order valence-corrected chi connectivity index (χ2v) is 7.87. The lowest BCUT2D eigenvalue weighted by atomic mass is 9.82. The summed E-state index contributed by atoms with van der Waals surface area (Å²) in [7, 11) is 0. The molecule has 1 heterocycles. The molecular weight excluding hydrogens is 344 g/mol. The zero-order valence-electron chi connectivity index (χ0n) is 15.0. The lowest BCUT2D eigenvalue weighted by molar-refractivity contribution is -0.171. The van der Waals surface area contributed by atoms with Crippen molar-refractivity contribution in [2.75, 3.05) is 5.75 Å². The van der Waals surface area contributed by atoms with Crippen LogP contribution in [0.5, 0.6) is 0 Å². The van der Waals surface area contributed by atoms with E-state index in [1.54, 1.807) is 0 Å². The molecule has 0 N–H and O–H groups in total. The molecule has 3 nitrogen and oxygen atoms in total. The van der Waals surface area contributed by atoms with Crippen molar-refractivity contribution in [3.05, 3.63) is 71.8 Å². The van der Waals surface area contributed by atoms with Crippen molar-refractivity contribution < 1.29 is 14.3 Å². The van der Waals surface area contributed by atoms with E-state index in [9.17, 15) is 9.59 Å². The highest BCUT2D eigenvalue weighted by Crippen LogP contribution is 2.40. The number of ether oxygens (including phenoxy) is 1. The number of carbonyl (C=O) groups is 2. The van der Waals surface area contributed by atoms with Gasteiger partial charge in [-0.3, -0.25) is 9.59 Å². The largest absolute Gasteiger partial charge is 0.453 e. The van der Waals surface area contributed by atoms with E-state index in [2.05, 4.69) is 12.1 Å². The third-order valence-corrected chi connectivity index (χ3v) is 5.96. The molecule has 1 saturated heterocycles. The average molecular weight is 368 g/mol. The second kappa shape index (κ2) is 8.54. The van der Waals surface area contributed by atoms with Gasteiger partial charge in [-0.1, -0.05) is 74.0 Å². The molecule has 2 aromatic carbocycles. The van der Waals surface area contributed by atoms with Gasteiger partial charge in [-0.2, -0.15) is 0 Å². The van der Waals surface area contributed by atoms with Crippen LogP contribution in [-0.2, 0) is 26.3 Å². The highest BCUT2D eigenvalue weighted by Gasteiger charge is 2.47. The number of Topliss-reactive ketones (excluding diaryl/α,β-unsaturated/α-hetero) is 1. The smallest absolute Gasteiger partial charge is 0.327 e. The Labute approximate surface area is 159 Å². The molecule has 0 bridgehead atoms. The molecule has 1 aliphatic rings. The normalized spacial score (nSPS) is 22.9. The molecule has 3 rings (SSSR count). The third-order valence-electron chi connectivity index (χ3n) is 4.73. The van der Waals surface area contributed by atoms with Crippen molar-refractivity contribution in [1.29, 1.82) is 0 Å². The standard InChI is InChI=1S/C22H24O3S/c1-2-14-22(18-11-7-4-8-12-18)16-19(23)20(21(24)25-22)26-15-13-17-9-5-3-6-10-17/h3-12,20H,2,13-16H2,1H3. The zero-order valence-corrected chi connectivity index (χ0v) is 15.8. The Morgan fingerprint density at radius 3 is 2.31 bits per heavy atom. The molecule has 0 spiro atoms. The number of aryl methyl sites for hydroxylation is 1. The van der Waals surface area contributed by atoms with Crippen LogP contribution < -0.4 is 0 Å². The maximum Gasteiger partial charge on any atom is 0.327 e. The fraction of sp³-hybridized carbons (Fsp3) is 0.364. The minimum Gasteiger partial charge on any atom is -0.453 e. The Kier molecular flexibility index (Phi) is 6.15. The fourth-order valence-electron chi connectivity index (χ4n) is 3.48. The summed E-state index contributed by atoms with van der Waals surface area (Å²) >= 11 is 1.40. The van der Waals surface area contributed by atoms with Crippen molar-refractivity contribution in [2.45, 2.75) is 43.5 Å². The van der Waals surface area contributed by atoms with Gasteiger partial charge in [-0.25, -0.2) is 0 Å². The summed E-state index contributed by atoms with van der Waals surface area (Å²) in [4.78, 5) is 25.4. The van der Waals surface area contributed by atoms with Gasteiger partial charge in [0.25, 0.3) is 0 Å². The number of carbonyl (C=O) groups excluding carboxylic acids is 2. The number of rotatable bonds is 7. The summed E-state index contributed by atoms with van der Waals surface area (Å²) in [5.74, 6) is 0.315. The van der Waals surface area contributed by atoms with Gasteiger partial charge in [0, 0.05) is 0 Å². The highest BCUT2D eigenvalue weighted by atomic mass is 32.2. The van der Waals surface area contributed by atoms with E-state index in [4.69, 9.17) is 4.74 Å². The van der Waals surface area contributed by atoms with E-state index in [-0.39, 0.29) is 12.2 Å². The zero-order chi connectivity index (χ0) is 18.4. The number of ketones is 1. The molecule has 1 aliphatic heterocycles. The van der Waals surface area contributed by atoms with Crippen LogP contribution in [0.15, 0.2) is 60.7 Å². The maximum absolute atomic E-state index is 12.8. The van der Waals surface area contributed by atoms with Crippen molar-refractivity contribution in [1.82, 2.24) is 0 Å². The molecule has 2 unspecified atom stereocenters. The number of hydrogen-bond acceptors (Lipinski definition) is 4. The first-order valence-corrected chi connectivity index (χ1v) is 10.2. The van der Waals surface area contributed by atoms with Crippen molar-refractivity contribution in [3.63, 3.8) is 0 Å². The number of esters is 1. The van der Waals surface area contributed by atoms with Crippen LogP contribution >= 0.6 is 11.8 Å². The molecule has 0 amide bonds. The van der Waals surface area contributed by atoms with Gasteiger partial charge in [0.1, 0.15) is 5.60 Å². The molecule has 26 heavy (non-hydrogen) atoms. The molecule has 4 heteroatoms. The Morgan fingerprint density at radius 2 is 1.69 bits per heavy atom. The van der Waals surface area contributed by atoms with Gasteiger partial charge in [-0.05, 0) is 29.7 Å². The summed E-state index contributed by atoms with van der Waals surface area (Å²) < 4.78 is 5.91. The van der Waals surface area contributed by atoms with E-state index in [0.29, 0.717) is 6.42 Å². The van der Waals surface area contributed by atoms with E-state index in [0.717, 1.165) is 24.2 Å². The number of cyclic esters (lactones) is 1. The fourth-order valence-corrected chi connectivity index (χ4v) is 4.52. The number of thioether (sulfide) groups is 1.